The van der Waals surface area contributed by atoms with Gasteiger partial charge in [-0.05, 0) is 44.5 Å². The Hall–Kier alpha value is -1.32. The molecule has 3 unspecified atom stereocenters. The zero-order chi connectivity index (χ0) is 14.8. The summed E-state index contributed by atoms with van der Waals surface area (Å²) >= 11 is 0. The third-order valence-corrected chi connectivity index (χ3v) is 4.51. The molecule has 1 aromatic heterocycles. The first-order valence-corrected chi connectivity index (χ1v) is 8.08. The van der Waals surface area contributed by atoms with Gasteiger partial charge >= 0.3 is 0 Å². The normalized spacial score (nSPS) is 23.8. The first-order chi connectivity index (χ1) is 10.2. The van der Waals surface area contributed by atoms with Crippen LogP contribution >= 0.6 is 0 Å². The van der Waals surface area contributed by atoms with E-state index in [9.17, 15) is 0 Å². The van der Waals surface area contributed by atoms with Crippen molar-refractivity contribution < 1.29 is 9.15 Å². The van der Waals surface area contributed by atoms with Crippen molar-refractivity contribution in [2.45, 2.75) is 45.8 Å². The Morgan fingerprint density at radius 3 is 2.90 bits per heavy atom. The van der Waals surface area contributed by atoms with E-state index in [-0.39, 0.29) is 6.04 Å². The summed E-state index contributed by atoms with van der Waals surface area (Å²) in [7, 11) is 0. The molecule has 1 fully saturated rings. The number of nitrogens with one attached hydrogen (secondary N) is 1. The fraction of sp³-hybridized carbons (Fsp3) is 0.556. The smallest absolute Gasteiger partial charge is 0.134 e. The SMILES string of the molecule is CCNC(c1cc2cc(C)ccc2o1)C1CCOC1CC. The van der Waals surface area contributed by atoms with Crippen molar-refractivity contribution >= 4 is 11.0 Å². The van der Waals surface area contributed by atoms with Gasteiger partial charge in [0.25, 0.3) is 0 Å². The average molecular weight is 287 g/mol. The van der Waals surface area contributed by atoms with E-state index in [0.717, 1.165) is 37.3 Å². The predicted molar refractivity (Wildman–Crippen MR) is 85.5 cm³/mol. The fourth-order valence-corrected chi connectivity index (χ4v) is 3.49. The van der Waals surface area contributed by atoms with E-state index in [4.69, 9.17) is 9.15 Å². The van der Waals surface area contributed by atoms with Crippen LogP contribution in [0.3, 0.4) is 0 Å². The highest BCUT2D eigenvalue weighted by Gasteiger charge is 2.35. The molecular formula is C18H25NO2. The van der Waals surface area contributed by atoms with Crippen molar-refractivity contribution in [3.05, 3.63) is 35.6 Å². The van der Waals surface area contributed by atoms with E-state index in [2.05, 4.69) is 50.4 Å². The van der Waals surface area contributed by atoms with Crippen LogP contribution in [-0.2, 0) is 4.74 Å². The molecule has 3 nitrogen and oxygen atoms in total. The second-order valence-corrected chi connectivity index (χ2v) is 6.00. The second-order valence-electron chi connectivity index (χ2n) is 6.00. The number of ether oxygens (including phenoxy) is 1. The molecule has 3 heteroatoms. The van der Waals surface area contributed by atoms with Crippen molar-refractivity contribution in [1.82, 2.24) is 5.32 Å². The number of fused-ring (bicyclic) bond motifs is 1. The van der Waals surface area contributed by atoms with E-state index in [1.807, 2.05) is 0 Å². The molecule has 3 atom stereocenters. The lowest BCUT2D eigenvalue weighted by Crippen LogP contribution is -2.32. The third-order valence-electron chi connectivity index (χ3n) is 4.51. The molecular weight excluding hydrogens is 262 g/mol. The van der Waals surface area contributed by atoms with Gasteiger partial charge in [-0.15, -0.1) is 0 Å². The van der Waals surface area contributed by atoms with Crippen molar-refractivity contribution in [3.63, 3.8) is 0 Å². The standard InChI is InChI=1S/C18H25NO2/c1-4-15-14(8-9-20-15)18(19-5-2)17-11-13-10-12(3)6-7-16(13)21-17/h6-7,10-11,14-15,18-19H,4-5,8-9H2,1-3H3. The lowest BCUT2D eigenvalue weighted by atomic mass is 9.89. The molecule has 0 aliphatic carbocycles. The minimum atomic E-state index is 0.246. The number of hydrogen-bond acceptors (Lipinski definition) is 3. The van der Waals surface area contributed by atoms with E-state index in [0.29, 0.717) is 12.0 Å². The molecule has 21 heavy (non-hydrogen) atoms. The highest BCUT2D eigenvalue weighted by Crippen LogP contribution is 2.37. The molecule has 0 radical (unpaired) electrons. The summed E-state index contributed by atoms with van der Waals surface area (Å²) in [6, 6.07) is 8.80. The van der Waals surface area contributed by atoms with Crippen LogP contribution in [-0.4, -0.2) is 19.3 Å². The lowest BCUT2D eigenvalue weighted by molar-refractivity contribution is 0.0752. The van der Waals surface area contributed by atoms with Crippen molar-refractivity contribution in [3.8, 4) is 0 Å². The Balaban J connectivity index is 1.94. The summed E-state index contributed by atoms with van der Waals surface area (Å²) in [6.07, 6.45) is 2.50. The number of benzene rings is 1. The molecule has 1 aromatic carbocycles. The minimum absolute atomic E-state index is 0.246. The van der Waals surface area contributed by atoms with Crippen LogP contribution in [0.2, 0.25) is 0 Å². The van der Waals surface area contributed by atoms with Crippen molar-refractivity contribution in [2.24, 2.45) is 5.92 Å². The van der Waals surface area contributed by atoms with Gasteiger partial charge in [0.15, 0.2) is 0 Å². The molecule has 0 bridgehead atoms. The van der Waals surface area contributed by atoms with Gasteiger partial charge in [-0.25, -0.2) is 0 Å². The van der Waals surface area contributed by atoms with Crippen LogP contribution in [0, 0.1) is 12.8 Å². The summed E-state index contributed by atoms with van der Waals surface area (Å²) in [5.74, 6) is 1.54. The predicted octanol–water partition coefficient (Wildman–Crippen LogP) is 4.21. The van der Waals surface area contributed by atoms with Gasteiger partial charge < -0.3 is 14.5 Å². The van der Waals surface area contributed by atoms with Gasteiger partial charge in [-0.3, -0.25) is 0 Å². The van der Waals surface area contributed by atoms with Crippen LogP contribution in [0.1, 0.15) is 44.1 Å². The molecule has 2 aromatic rings. The highest BCUT2D eigenvalue weighted by molar-refractivity contribution is 5.78. The van der Waals surface area contributed by atoms with E-state index < -0.39 is 0 Å². The molecule has 3 rings (SSSR count). The van der Waals surface area contributed by atoms with Gasteiger partial charge in [0.05, 0.1) is 12.1 Å². The zero-order valence-electron chi connectivity index (χ0n) is 13.2. The fourth-order valence-electron chi connectivity index (χ4n) is 3.49. The van der Waals surface area contributed by atoms with Gasteiger partial charge in [-0.1, -0.05) is 25.5 Å². The Labute approximate surface area is 126 Å². The second kappa shape index (κ2) is 6.20. The van der Waals surface area contributed by atoms with Crippen LogP contribution in [0.25, 0.3) is 11.0 Å². The molecule has 1 saturated heterocycles. The largest absolute Gasteiger partial charge is 0.459 e. The molecule has 2 heterocycles. The van der Waals surface area contributed by atoms with Crippen molar-refractivity contribution in [1.29, 1.82) is 0 Å². The topological polar surface area (TPSA) is 34.4 Å². The molecule has 0 saturated carbocycles. The molecule has 1 aliphatic rings. The maximum absolute atomic E-state index is 6.12. The highest BCUT2D eigenvalue weighted by atomic mass is 16.5. The number of rotatable bonds is 5. The van der Waals surface area contributed by atoms with E-state index in [1.54, 1.807) is 0 Å². The third kappa shape index (κ3) is 2.85. The summed E-state index contributed by atoms with van der Waals surface area (Å²) in [5, 5.41) is 4.80. The number of aryl methyl sites for hydroxylation is 1. The summed E-state index contributed by atoms with van der Waals surface area (Å²) in [4.78, 5) is 0. The van der Waals surface area contributed by atoms with Crippen LogP contribution in [0.4, 0.5) is 0 Å². The Kier molecular flexibility index (Phi) is 4.32. The molecule has 1 aliphatic heterocycles. The molecule has 114 valence electrons. The lowest BCUT2D eigenvalue weighted by Gasteiger charge is -2.26. The first kappa shape index (κ1) is 14.6. The van der Waals surface area contributed by atoms with E-state index >= 15 is 0 Å². The Bertz CT molecular complexity index is 604. The number of hydrogen-bond donors (Lipinski definition) is 1. The summed E-state index contributed by atoms with van der Waals surface area (Å²) in [5.41, 5.74) is 2.25. The number of furan rings is 1. The van der Waals surface area contributed by atoms with Gasteiger partial charge in [0.1, 0.15) is 11.3 Å². The maximum Gasteiger partial charge on any atom is 0.134 e. The van der Waals surface area contributed by atoms with Crippen LogP contribution < -0.4 is 5.32 Å². The molecule has 0 amide bonds. The van der Waals surface area contributed by atoms with Gasteiger partial charge in [-0.2, -0.15) is 0 Å². The summed E-state index contributed by atoms with van der Waals surface area (Å²) < 4.78 is 12.0. The van der Waals surface area contributed by atoms with Crippen LogP contribution in [0.15, 0.2) is 28.7 Å². The molecule has 0 spiro atoms. The summed E-state index contributed by atoms with van der Waals surface area (Å²) in [6.45, 7) is 8.27. The zero-order valence-corrected chi connectivity index (χ0v) is 13.2. The Morgan fingerprint density at radius 2 is 2.14 bits per heavy atom. The Morgan fingerprint density at radius 1 is 1.29 bits per heavy atom. The van der Waals surface area contributed by atoms with Gasteiger partial charge in [0.2, 0.25) is 0 Å². The molecule has 1 N–H and O–H groups in total. The van der Waals surface area contributed by atoms with Crippen molar-refractivity contribution in [2.75, 3.05) is 13.2 Å². The van der Waals surface area contributed by atoms with Crippen LogP contribution in [0.5, 0.6) is 0 Å². The van der Waals surface area contributed by atoms with Gasteiger partial charge in [0, 0.05) is 17.9 Å². The minimum Gasteiger partial charge on any atom is -0.459 e. The quantitative estimate of drug-likeness (QED) is 0.894. The maximum atomic E-state index is 6.12. The average Bonchev–Trinajstić information content (AvgIpc) is 3.10. The van der Waals surface area contributed by atoms with E-state index in [1.165, 1.54) is 10.9 Å². The first-order valence-electron chi connectivity index (χ1n) is 8.08. The monoisotopic (exact) mass is 287 g/mol.